The van der Waals surface area contributed by atoms with Crippen LogP contribution in [0.2, 0.25) is 0 Å². The molecule has 0 saturated carbocycles. The van der Waals surface area contributed by atoms with Gasteiger partial charge in [-0.05, 0) is 23.1 Å². The highest BCUT2D eigenvalue weighted by molar-refractivity contribution is 5.30. The van der Waals surface area contributed by atoms with Gasteiger partial charge in [0.05, 0.1) is 6.67 Å². The molecule has 0 radical (unpaired) electrons. The van der Waals surface area contributed by atoms with Gasteiger partial charge in [0.1, 0.15) is 0 Å². The summed E-state index contributed by atoms with van der Waals surface area (Å²) in [6.45, 7) is 4.49. The molecule has 0 N–H and O–H groups in total. The predicted octanol–water partition coefficient (Wildman–Crippen LogP) is 2.89. The van der Waals surface area contributed by atoms with Crippen molar-refractivity contribution >= 4 is 0 Å². The quantitative estimate of drug-likeness (QED) is 0.823. The zero-order valence-corrected chi connectivity index (χ0v) is 11.7. The number of hydrogen-bond acceptors (Lipinski definition) is 2. The maximum Gasteiger partial charge on any atom is 0.0516 e. The van der Waals surface area contributed by atoms with Crippen molar-refractivity contribution in [2.75, 3.05) is 13.2 Å². The third-order valence-corrected chi connectivity index (χ3v) is 4.56. The molecule has 2 aromatic rings. The maximum atomic E-state index is 2.63. The minimum absolute atomic E-state index is 0.702. The van der Waals surface area contributed by atoms with Gasteiger partial charge in [0.15, 0.2) is 0 Å². The Morgan fingerprint density at radius 1 is 0.900 bits per heavy atom. The van der Waals surface area contributed by atoms with Crippen LogP contribution in [0.3, 0.4) is 0 Å². The zero-order chi connectivity index (χ0) is 13.4. The Balaban J connectivity index is 1.47. The minimum Gasteiger partial charge on any atom is -0.285 e. The second kappa shape index (κ2) is 5.04. The van der Waals surface area contributed by atoms with Crippen molar-refractivity contribution in [1.82, 2.24) is 9.80 Å². The maximum absolute atomic E-state index is 2.63. The zero-order valence-electron chi connectivity index (χ0n) is 11.7. The number of rotatable bonds is 2. The van der Waals surface area contributed by atoms with Gasteiger partial charge in [-0.3, -0.25) is 9.80 Å². The van der Waals surface area contributed by atoms with Crippen LogP contribution in [-0.2, 0) is 19.5 Å². The van der Waals surface area contributed by atoms with Crippen molar-refractivity contribution < 1.29 is 0 Å². The fourth-order valence-electron chi connectivity index (χ4n) is 3.56. The van der Waals surface area contributed by atoms with Crippen LogP contribution in [-0.4, -0.2) is 29.1 Å². The molecule has 2 heteroatoms. The van der Waals surface area contributed by atoms with Crippen LogP contribution in [0.15, 0.2) is 54.6 Å². The second-order valence-electron chi connectivity index (χ2n) is 6.01. The largest absolute Gasteiger partial charge is 0.285 e. The van der Waals surface area contributed by atoms with Crippen molar-refractivity contribution in [3.63, 3.8) is 0 Å². The number of benzene rings is 2. The third kappa shape index (κ3) is 2.26. The van der Waals surface area contributed by atoms with Crippen molar-refractivity contribution in [1.29, 1.82) is 0 Å². The summed E-state index contributed by atoms with van der Waals surface area (Å²) < 4.78 is 0. The third-order valence-electron chi connectivity index (χ3n) is 4.56. The SMILES string of the molecule is c1ccc(CN2CC3Cc4ccccc4CN3C2)cc1. The van der Waals surface area contributed by atoms with Gasteiger partial charge in [0.2, 0.25) is 0 Å². The molecule has 20 heavy (non-hydrogen) atoms. The Bertz CT molecular complexity index is 560. The van der Waals surface area contributed by atoms with Crippen LogP contribution >= 0.6 is 0 Å². The van der Waals surface area contributed by atoms with E-state index in [2.05, 4.69) is 64.4 Å². The number of fused-ring (bicyclic) bond motifs is 2. The Morgan fingerprint density at radius 2 is 1.65 bits per heavy atom. The molecule has 0 bridgehead atoms. The molecule has 0 spiro atoms. The fourth-order valence-corrected chi connectivity index (χ4v) is 3.56. The van der Waals surface area contributed by atoms with Crippen LogP contribution < -0.4 is 0 Å². The Kier molecular flexibility index (Phi) is 3.06. The molecular weight excluding hydrogens is 244 g/mol. The van der Waals surface area contributed by atoms with Gasteiger partial charge in [0.25, 0.3) is 0 Å². The van der Waals surface area contributed by atoms with Gasteiger partial charge in [-0.25, -0.2) is 0 Å². The highest BCUT2D eigenvalue weighted by Crippen LogP contribution is 2.28. The summed E-state index contributed by atoms with van der Waals surface area (Å²) in [6.07, 6.45) is 1.21. The van der Waals surface area contributed by atoms with Gasteiger partial charge in [0, 0.05) is 25.7 Å². The van der Waals surface area contributed by atoms with E-state index in [1.54, 1.807) is 5.56 Å². The van der Waals surface area contributed by atoms with E-state index >= 15 is 0 Å². The molecule has 102 valence electrons. The highest BCUT2D eigenvalue weighted by Gasteiger charge is 2.33. The van der Waals surface area contributed by atoms with Crippen LogP contribution in [0.25, 0.3) is 0 Å². The summed E-state index contributed by atoms with van der Waals surface area (Å²) in [5, 5.41) is 0. The lowest BCUT2D eigenvalue weighted by molar-refractivity contribution is 0.200. The van der Waals surface area contributed by atoms with Gasteiger partial charge in [-0.1, -0.05) is 54.6 Å². The minimum atomic E-state index is 0.702. The molecule has 1 atom stereocenters. The predicted molar refractivity (Wildman–Crippen MR) is 81.2 cm³/mol. The van der Waals surface area contributed by atoms with Crippen LogP contribution in [0.5, 0.6) is 0 Å². The molecule has 2 aliphatic rings. The second-order valence-corrected chi connectivity index (χ2v) is 6.01. The smallest absolute Gasteiger partial charge is 0.0516 e. The topological polar surface area (TPSA) is 6.48 Å². The van der Waals surface area contributed by atoms with E-state index in [0.29, 0.717) is 6.04 Å². The highest BCUT2D eigenvalue weighted by atomic mass is 15.4. The van der Waals surface area contributed by atoms with Gasteiger partial charge in [-0.2, -0.15) is 0 Å². The molecule has 0 amide bonds. The monoisotopic (exact) mass is 264 g/mol. The molecule has 0 aromatic heterocycles. The van der Waals surface area contributed by atoms with E-state index < -0.39 is 0 Å². The van der Waals surface area contributed by atoms with Crippen molar-refractivity contribution in [2.45, 2.75) is 25.6 Å². The first kappa shape index (κ1) is 12.1. The average Bonchev–Trinajstić information content (AvgIpc) is 2.86. The number of hydrogen-bond donors (Lipinski definition) is 0. The van der Waals surface area contributed by atoms with E-state index in [4.69, 9.17) is 0 Å². The summed E-state index contributed by atoms with van der Waals surface area (Å²) in [5.41, 5.74) is 4.49. The first-order chi connectivity index (χ1) is 9.88. The van der Waals surface area contributed by atoms with Gasteiger partial charge >= 0.3 is 0 Å². The Morgan fingerprint density at radius 3 is 2.50 bits per heavy atom. The molecule has 1 fully saturated rings. The van der Waals surface area contributed by atoms with E-state index in [-0.39, 0.29) is 0 Å². The van der Waals surface area contributed by atoms with Gasteiger partial charge < -0.3 is 0 Å². The summed E-state index contributed by atoms with van der Waals surface area (Å²) in [4.78, 5) is 5.21. The summed E-state index contributed by atoms with van der Waals surface area (Å²) in [7, 11) is 0. The van der Waals surface area contributed by atoms with Crippen LogP contribution in [0, 0.1) is 0 Å². The molecule has 2 heterocycles. The summed E-state index contributed by atoms with van der Waals surface area (Å²) >= 11 is 0. The fraction of sp³-hybridized carbons (Fsp3) is 0.333. The first-order valence-electron chi connectivity index (χ1n) is 7.45. The van der Waals surface area contributed by atoms with E-state index in [1.165, 1.54) is 24.1 Å². The van der Waals surface area contributed by atoms with Gasteiger partial charge in [-0.15, -0.1) is 0 Å². The molecule has 4 rings (SSSR count). The van der Waals surface area contributed by atoms with Crippen LogP contribution in [0.4, 0.5) is 0 Å². The standard InChI is InChI=1S/C18H20N2/c1-2-6-15(7-3-1)11-19-13-18-10-16-8-4-5-9-17(16)12-20(18)14-19/h1-9,18H,10-14H2. The van der Waals surface area contributed by atoms with E-state index in [1.807, 2.05) is 0 Å². The van der Waals surface area contributed by atoms with Crippen LogP contribution in [0.1, 0.15) is 16.7 Å². The lowest BCUT2D eigenvalue weighted by Gasteiger charge is -2.30. The van der Waals surface area contributed by atoms with E-state index in [0.717, 1.165) is 19.8 Å². The molecule has 2 aliphatic heterocycles. The molecule has 0 aliphatic carbocycles. The van der Waals surface area contributed by atoms with Crippen molar-refractivity contribution in [3.8, 4) is 0 Å². The van der Waals surface area contributed by atoms with Crippen molar-refractivity contribution in [2.24, 2.45) is 0 Å². The average molecular weight is 264 g/mol. The molecular formula is C18H20N2. The Hall–Kier alpha value is -1.64. The molecule has 1 saturated heterocycles. The molecule has 1 unspecified atom stereocenters. The molecule has 2 nitrogen and oxygen atoms in total. The van der Waals surface area contributed by atoms with E-state index in [9.17, 15) is 0 Å². The number of nitrogens with zero attached hydrogens (tertiary/aromatic N) is 2. The first-order valence-corrected chi connectivity index (χ1v) is 7.45. The summed E-state index contributed by atoms with van der Waals surface area (Å²) in [5.74, 6) is 0. The lowest BCUT2D eigenvalue weighted by Crippen LogP contribution is -2.36. The normalized spacial score (nSPS) is 22.5. The van der Waals surface area contributed by atoms with Crippen molar-refractivity contribution in [3.05, 3.63) is 71.3 Å². The Labute approximate surface area is 120 Å². The lowest BCUT2D eigenvalue weighted by atomic mass is 9.95. The molecule has 2 aromatic carbocycles. The summed E-state index contributed by atoms with van der Waals surface area (Å²) in [6, 6.07) is 20.4.